The number of rotatable bonds is 1. The first-order valence-electron chi connectivity index (χ1n) is 3.00. The van der Waals surface area contributed by atoms with E-state index in [4.69, 9.17) is 6.42 Å². The lowest BCUT2D eigenvalue weighted by Crippen LogP contribution is -2.07. The Hall–Kier alpha value is -1.82. The number of anilines is 1. The third-order valence-corrected chi connectivity index (χ3v) is 1.05. The van der Waals surface area contributed by atoms with Crippen molar-refractivity contribution >= 4 is 11.6 Å². The summed E-state index contributed by atoms with van der Waals surface area (Å²) in [6, 6.07) is 3.42. The summed E-state index contributed by atoms with van der Waals surface area (Å²) in [4.78, 5) is 14.4. The fourth-order valence-corrected chi connectivity index (χ4v) is 0.604. The minimum absolute atomic E-state index is 0.460. The van der Waals surface area contributed by atoms with E-state index in [-0.39, 0.29) is 0 Å². The van der Waals surface area contributed by atoms with Crippen LogP contribution in [0.15, 0.2) is 24.5 Å². The van der Waals surface area contributed by atoms with Gasteiger partial charge < -0.3 is 5.32 Å². The topological polar surface area (TPSA) is 42.0 Å². The van der Waals surface area contributed by atoms with E-state index in [0.717, 1.165) is 0 Å². The molecule has 1 N–H and O–H groups in total. The van der Waals surface area contributed by atoms with E-state index in [1.807, 2.05) is 5.92 Å². The molecule has 0 aliphatic rings. The van der Waals surface area contributed by atoms with E-state index < -0.39 is 5.91 Å². The summed E-state index contributed by atoms with van der Waals surface area (Å²) in [5.41, 5.74) is 0.607. The van der Waals surface area contributed by atoms with E-state index in [9.17, 15) is 4.79 Å². The van der Waals surface area contributed by atoms with E-state index in [1.54, 1.807) is 18.3 Å². The number of nitrogens with one attached hydrogen (secondary N) is 1. The predicted octanol–water partition coefficient (Wildman–Crippen LogP) is 0.653. The van der Waals surface area contributed by atoms with E-state index >= 15 is 0 Å². The Balaban J connectivity index is 2.67. The molecule has 1 heterocycles. The Morgan fingerprint density at radius 2 is 2.55 bits per heavy atom. The number of pyridine rings is 1. The van der Waals surface area contributed by atoms with Gasteiger partial charge in [0, 0.05) is 6.20 Å². The van der Waals surface area contributed by atoms with Gasteiger partial charge in [-0.2, -0.15) is 0 Å². The van der Waals surface area contributed by atoms with E-state index in [2.05, 4.69) is 10.3 Å². The summed E-state index contributed by atoms with van der Waals surface area (Å²) in [7, 11) is 0. The van der Waals surface area contributed by atoms with Crippen molar-refractivity contribution in [1.29, 1.82) is 0 Å². The molecule has 0 radical (unpaired) electrons. The number of aromatic nitrogens is 1. The van der Waals surface area contributed by atoms with Crippen molar-refractivity contribution in [1.82, 2.24) is 4.98 Å². The summed E-state index contributed by atoms with van der Waals surface area (Å²) in [6.07, 6.45) is 7.98. The summed E-state index contributed by atoms with van der Waals surface area (Å²) in [6.45, 7) is 0. The third kappa shape index (κ3) is 2.11. The number of carbonyl (C=O) groups excluding carboxylic acids is 1. The van der Waals surface area contributed by atoms with Crippen LogP contribution >= 0.6 is 0 Å². The van der Waals surface area contributed by atoms with Gasteiger partial charge in [0.15, 0.2) is 0 Å². The first kappa shape index (κ1) is 7.29. The van der Waals surface area contributed by atoms with Crippen LogP contribution in [0.2, 0.25) is 0 Å². The van der Waals surface area contributed by atoms with Gasteiger partial charge in [-0.3, -0.25) is 9.78 Å². The highest BCUT2D eigenvalue weighted by Crippen LogP contribution is 2.00. The molecule has 0 atom stereocenters. The second-order valence-corrected chi connectivity index (χ2v) is 1.84. The van der Waals surface area contributed by atoms with Crippen LogP contribution in [0.25, 0.3) is 0 Å². The molecule has 0 unspecified atom stereocenters. The van der Waals surface area contributed by atoms with Gasteiger partial charge in [0.1, 0.15) is 0 Å². The minimum Gasteiger partial charge on any atom is -0.314 e. The first-order chi connectivity index (χ1) is 5.33. The average Bonchev–Trinajstić information content (AvgIpc) is 2.06. The quantitative estimate of drug-likeness (QED) is 0.591. The Morgan fingerprint density at radius 3 is 3.09 bits per heavy atom. The molecule has 3 nitrogen and oxygen atoms in total. The zero-order chi connectivity index (χ0) is 8.10. The van der Waals surface area contributed by atoms with Crippen molar-refractivity contribution < 1.29 is 4.79 Å². The number of carbonyl (C=O) groups is 1. The zero-order valence-electron chi connectivity index (χ0n) is 5.74. The highest BCUT2D eigenvalue weighted by Gasteiger charge is 1.94. The molecule has 0 aromatic carbocycles. The van der Waals surface area contributed by atoms with Crippen LogP contribution in [0.4, 0.5) is 5.69 Å². The molecule has 3 heteroatoms. The van der Waals surface area contributed by atoms with Crippen LogP contribution < -0.4 is 5.32 Å². The van der Waals surface area contributed by atoms with Crippen LogP contribution in [0.1, 0.15) is 0 Å². The second kappa shape index (κ2) is 3.37. The van der Waals surface area contributed by atoms with Gasteiger partial charge in [0.25, 0.3) is 5.91 Å². The third-order valence-electron chi connectivity index (χ3n) is 1.05. The molecular formula is C8H6N2O. The second-order valence-electron chi connectivity index (χ2n) is 1.84. The molecule has 1 amide bonds. The summed E-state index contributed by atoms with van der Waals surface area (Å²) in [5.74, 6) is 1.48. The molecule has 0 aliphatic carbocycles. The van der Waals surface area contributed by atoms with Crippen LogP contribution in [0, 0.1) is 12.3 Å². The number of terminal acetylenes is 1. The molecule has 0 saturated carbocycles. The standard InChI is InChI=1S/C8H6N2O/c1-2-8(11)10-7-4-3-5-9-6-7/h1,3-6H,(H,10,11). The SMILES string of the molecule is C#CC(=O)Nc1cccnc1. The fourth-order valence-electron chi connectivity index (χ4n) is 0.604. The maximum absolute atomic E-state index is 10.6. The summed E-state index contributed by atoms with van der Waals surface area (Å²) in [5, 5.41) is 2.45. The molecule has 1 rings (SSSR count). The first-order valence-corrected chi connectivity index (χ1v) is 3.00. The lowest BCUT2D eigenvalue weighted by Gasteiger charge is -1.96. The van der Waals surface area contributed by atoms with E-state index in [1.165, 1.54) is 6.20 Å². The normalized spacial score (nSPS) is 8.27. The number of nitrogens with zero attached hydrogens (tertiary/aromatic N) is 1. The van der Waals surface area contributed by atoms with Crippen molar-refractivity contribution in [2.45, 2.75) is 0 Å². The Morgan fingerprint density at radius 1 is 1.73 bits per heavy atom. The summed E-state index contributed by atoms with van der Waals surface area (Å²) >= 11 is 0. The maximum atomic E-state index is 10.6. The molecule has 0 saturated heterocycles. The highest BCUT2D eigenvalue weighted by atomic mass is 16.1. The number of hydrogen-bond acceptors (Lipinski definition) is 2. The zero-order valence-corrected chi connectivity index (χ0v) is 5.74. The molecule has 0 aliphatic heterocycles. The Labute approximate surface area is 64.5 Å². The van der Waals surface area contributed by atoms with Crippen molar-refractivity contribution in [3.8, 4) is 12.3 Å². The van der Waals surface area contributed by atoms with Crippen molar-refractivity contribution in [3.05, 3.63) is 24.5 Å². The molecule has 0 spiro atoms. The monoisotopic (exact) mass is 146 g/mol. The lowest BCUT2D eigenvalue weighted by atomic mass is 10.4. The van der Waals surface area contributed by atoms with Gasteiger partial charge in [-0.15, -0.1) is 6.42 Å². The van der Waals surface area contributed by atoms with Crippen LogP contribution in [-0.4, -0.2) is 10.9 Å². The van der Waals surface area contributed by atoms with Gasteiger partial charge in [-0.05, 0) is 18.1 Å². The molecule has 11 heavy (non-hydrogen) atoms. The van der Waals surface area contributed by atoms with Crippen molar-refractivity contribution in [3.63, 3.8) is 0 Å². The van der Waals surface area contributed by atoms with Gasteiger partial charge >= 0.3 is 0 Å². The molecule has 54 valence electrons. The molecule has 1 aromatic rings. The van der Waals surface area contributed by atoms with Crippen LogP contribution in [0.3, 0.4) is 0 Å². The van der Waals surface area contributed by atoms with Crippen molar-refractivity contribution in [2.24, 2.45) is 0 Å². The predicted molar refractivity (Wildman–Crippen MR) is 41.7 cm³/mol. The number of hydrogen-bond donors (Lipinski definition) is 1. The highest BCUT2D eigenvalue weighted by molar-refractivity contribution is 6.03. The smallest absolute Gasteiger partial charge is 0.300 e. The maximum Gasteiger partial charge on any atom is 0.300 e. The molecular weight excluding hydrogens is 140 g/mol. The van der Waals surface area contributed by atoms with Crippen LogP contribution in [0.5, 0.6) is 0 Å². The Kier molecular flexibility index (Phi) is 2.24. The van der Waals surface area contributed by atoms with E-state index in [0.29, 0.717) is 5.69 Å². The molecule has 1 aromatic heterocycles. The largest absolute Gasteiger partial charge is 0.314 e. The van der Waals surface area contributed by atoms with Gasteiger partial charge in [0.05, 0.1) is 11.9 Å². The van der Waals surface area contributed by atoms with Crippen molar-refractivity contribution in [2.75, 3.05) is 5.32 Å². The van der Waals surface area contributed by atoms with Crippen LogP contribution in [-0.2, 0) is 4.79 Å². The lowest BCUT2D eigenvalue weighted by molar-refractivity contribution is -0.111. The number of amides is 1. The van der Waals surface area contributed by atoms with Gasteiger partial charge in [-0.1, -0.05) is 0 Å². The van der Waals surface area contributed by atoms with Gasteiger partial charge in [-0.25, -0.2) is 0 Å². The summed E-state index contributed by atoms with van der Waals surface area (Å²) < 4.78 is 0. The Bertz CT molecular complexity index is 287. The average molecular weight is 146 g/mol. The molecule has 0 bridgehead atoms. The fraction of sp³-hybridized carbons (Fsp3) is 0. The minimum atomic E-state index is -0.460. The molecule has 0 fully saturated rings. The van der Waals surface area contributed by atoms with Gasteiger partial charge in [0.2, 0.25) is 0 Å².